The van der Waals surface area contributed by atoms with Gasteiger partial charge in [0.1, 0.15) is 0 Å². The van der Waals surface area contributed by atoms with Gasteiger partial charge in [0.05, 0.1) is 0 Å². The molecule has 3 heteroatoms. The third kappa shape index (κ3) is 3.48. The maximum Gasteiger partial charge on any atom is 0.225 e. The van der Waals surface area contributed by atoms with Crippen LogP contribution in [0, 0.1) is 0 Å². The van der Waals surface area contributed by atoms with Gasteiger partial charge in [-0.25, -0.2) is 0 Å². The van der Waals surface area contributed by atoms with E-state index in [1.54, 1.807) is 0 Å². The van der Waals surface area contributed by atoms with Gasteiger partial charge in [-0.05, 0) is 34.6 Å². The summed E-state index contributed by atoms with van der Waals surface area (Å²) in [6.07, 6.45) is 1.53. The van der Waals surface area contributed by atoms with Crippen LogP contribution in [0.3, 0.4) is 0 Å². The van der Waals surface area contributed by atoms with Gasteiger partial charge in [-0.1, -0.05) is 84.9 Å². The Balaban J connectivity index is 1.47. The minimum Gasteiger partial charge on any atom is -0.329 e. The number of hydrogen-bond acceptors (Lipinski definition) is 2. The van der Waals surface area contributed by atoms with Crippen molar-refractivity contribution in [2.45, 2.75) is 31.1 Å². The van der Waals surface area contributed by atoms with Crippen LogP contribution in [0.4, 0.5) is 0 Å². The number of nitrogens with one attached hydrogen (secondary N) is 1. The first kappa shape index (κ1) is 18.6. The highest BCUT2D eigenvalue weighted by Gasteiger charge is 2.38. The molecule has 30 heavy (non-hydrogen) atoms. The molecule has 0 spiro atoms. The lowest BCUT2D eigenvalue weighted by atomic mass is 9.73. The van der Waals surface area contributed by atoms with Crippen molar-refractivity contribution in [3.05, 3.63) is 107 Å². The second kappa shape index (κ2) is 7.75. The third-order valence-electron chi connectivity index (χ3n) is 6.23. The van der Waals surface area contributed by atoms with E-state index in [9.17, 15) is 9.59 Å². The van der Waals surface area contributed by atoms with E-state index in [0.717, 1.165) is 33.5 Å². The highest BCUT2D eigenvalue weighted by Crippen LogP contribution is 2.42. The molecule has 2 aliphatic rings. The predicted octanol–water partition coefficient (Wildman–Crippen LogP) is 5.36. The average molecular weight is 393 g/mol. The lowest BCUT2D eigenvalue weighted by Gasteiger charge is -2.34. The first-order valence-corrected chi connectivity index (χ1v) is 10.5. The number of hydrogen-bond donors (Lipinski definition) is 1. The molecular weight excluding hydrogens is 370 g/mol. The average Bonchev–Trinajstić information content (AvgIpc) is 2.79. The van der Waals surface area contributed by atoms with Crippen LogP contribution in [0.5, 0.6) is 0 Å². The Morgan fingerprint density at radius 1 is 0.633 bits per heavy atom. The fourth-order valence-electron chi connectivity index (χ4n) is 4.74. The van der Waals surface area contributed by atoms with Crippen molar-refractivity contribution in [2.24, 2.45) is 0 Å². The molecule has 0 bridgehead atoms. The van der Waals surface area contributed by atoms with Crippen LogP contribution in [0.25, 0.3) is 11.1 Å². The van der Waals surface area contributed by atoms with Gasteiger partial charge in [0.2, 0.25) is 5.91 Å². The highest BCUT2D eigenvalue weighted by atomic mass is 16.2. The van der Waals surface area contributed by atoms with Gasteiger partial charge in [-0.3, -0.25) is 9.59 Å². The largest absolute Gasteiger partial charge is 0.329 e. The lowest BCUT2D eigenvalue weighted by Crippen LogP contribution is -2.38. The molecule has 1 aliphatic heterocycles. The monoisotopic (exact) mass is 393 g/mol. The molecule has 3 nitrogen and oxygen atoms in total. The molecule has 1 N–H and O–H groups in total. The number of carbonyl (C=O) groups is 2. The number of allylic oxidation sites excluding steroid dienone is 2. The quantitative estimate of drug-likeness (QED) is 0.651. The van der Waals surface area contributed by atoms with Crippen molar-refractivity contribution in [2.75, 3.05) is 0 Å². The fraction of sp³-hybridized carbons (Fsp3) is 0.185. The van der Waals surface area contributed by atoms with E-state index in [0.29, 0.717) is 19.3 Å². The normalized spacial score (nSPS) is 21.2. The van der Waals surface area contributed by atoms with E-state index in [4.69, 9.17) is 0 Å². The summed E-state index contributed by atoms with van der Waals surface area (Å²) in [6.45, 7) is 0. The van der Waals surface area contributed by atoms with Gasteiger partial charge in [-0.2, -0.15) is 0 Å². The SMILES string of the molecule is O=C1CC(c2ccc(-c3ccccc3)cc2)C2=C(CC(c3ccccc3)CC2=O)N1. The molecule has 1 aliphatic carbocycles. The summed E-state index contributed by atoms with van der Waals surface area (Å²) in [5.74, 6) is 0.106. The first-order valence-electron chi connectivity index (χ1n) is 10.5. The van der Waals surface area contributed by atoms with Crippen molar-refractivity contribution < 1.29 is 9.59 Å². The topological polar surface area (TPSA) is 46.2 Å². The van der Waals surface area contributed by atoms with E-state index in [-0.39, 0.29) is 23.5 Å². The Hall–Kier alpha value is -3.46. The third-order valence-corrected chi connectivity index (χ3v) is 6.23. The van der Waals surface area contributed by atoms with Crippen molar-refractivity contribution in [1.82, 2.24) is 5.32 Å². The Bertz CT molecular complexity index is 1110. The van der Waals surface area contributed by atoms with Gasteiger partial charge in [0.25, 0.3) is 0 Å². The number of Topliss-reactive ketones (excluding diaryl/α,β-unsaturated/α-hetero) is 1. The minimum absolute atomic E-state index is 0.00704. The van der Waals surface area contributed by atoms with E-state index >= 15 is 0 Å². The van der Waals surface area contributed by atoms with E-state index in [1.807, 2.05) is 36.4 Å². The molecule has 0 saturated heterocycles. The Morgan fingerprint density at radius 2 is 1.27 bits per heavy atom. The summed E-state index contributed by atoms with van der Waals surface area (Å²) >= 11 is 0. The standard InChI is InChI=1S/C27H23NO2/c29-25-16-22(19-9-5-2-6-10-19)15-24-27(25)23(17-26(30)28-24)21-13-11-20(12-14-21)18-7-3-1-4-8-18/h1-14,22-23H,15-17H2,(H,28,30). The van der Waals surface area contributed by atoms with Gasteiger partial charge in [-0.15, -0.1) is 0 Å². The maximum absolute atomic E-state index is 13.2. The van der Waals surface area contributed by atoms with Crippen molar-refractivity contribution in [3.63, 3.8) is 0 Å². The summed E-state index contributed by atoms with van der Waals surface area (Å²) in [6, 6.07) is 28.6. The molecule has 5 rings (SSSR count). The summed E-state index contributed by atoms with van der Waals surface area (Å²) in [5, 5.41) is 3.01. The molecule has 148 valence electrons. The van der Waals surface area contributed by atoms with Crippen LogP contribution in [0.2, 0.25) is 0 Å². The summed E-state index contributed by atoms with van der Waals surface area (Å²) in [4.78, 5) is 25.7. The molecule has 0 radical (unpaired) electrons. The molecule has 3 aromatic carbocycles. The number of benzene rings is 3. The van der Waals surface area contributed by atoms with Crippen LogP contribution in [-0.4, -0.2) is 11.7 Å². The lowest BCUT2D eigenvalue weighted by molar-refractivity contribution is -0.122. The van der Waals surface area contributed by atoms with Gasteiger partial charge in [0.15, 0.2) is 5.78 Å². The molecule has 3 aromatic rings. The highest BCUT2D eigenvalue weighted by molar-refractivity contribution is 6.02. The van der Waals surface area contributed by atoms with Crippen molar-refractivity contribution >= 4 is 11.7 Å². The molecular formula is C27H23NO2. The number of rotatable bonds is 3. The number of amides is 1. The molecule has 0 fully saturated rings. The predicted molar refractivity (Wildman–Crippen MR) is 118 cm³/mol. The summed E-state index contributed by atoms with van der Waals surface area (Å²) in [7, 11) is 0. The molecule has 0 aromatic heterocycles. The van der Waals surface area contributed by atoms with Gasteiger partial charge >= 0.3 is 0 Å². The second-order valence-electron chi connectivity index (χ2n) is 8.12. The maximum atomic E-state index is 13.2. The summed E-state index contributed by atoms with van der Waals surface area (Å²) < 4.78 is 0. The summed E-state index contributed by atoms with van der Waals surface area (Å²) in [5.41, 5.74) is 6.09. The molecule has 1 heterocycles. The van der Waals surface area contributed by atoms with Crippen molar-refractivity contribution in [3.8, 4) is 11.1 Å². The first-order chi connectivity index (χ1) is 14.7. The van der Waals surface area contributed by atoms with Crippen molar-refractivity contribution in [1.29, 1.82) is 0 Å². The van der Waals surface area contributed by atoms with Crippen LogP contribution in [0.15, 0.2) is 96.2 Å². The molecule has 0 saturated carbocycles. The Labute approximate surface area is 176 Å². The Kier molecular flexibility index (Phi) is 4.80. The van der Waals surface area contributed by atoms with Crippen LogP contribution >= 0.6 is 0 Å². The Morgan fingerprint density at radius 3 is 1.97 bits per heavy atom. The number of carbonyl (C=O) groups excluding carboxylic acids is 2. The van der Waals surface area contributed by atoms with E-state index < -0.39 is 0 Å². The minimum atomic E-state index is -0.164. The molecule has 2 atom stereocenters. The zero-order valence-electron chi connectivity index (χ0n) is 16.7. The van der Waals surface area contributed by atoms with Crippen LogP contribution in [0.1, 0.15) is 42.2 Å². The zero-order valence-corrected chi connectivity index (χ0v) is 16.7. The fourth-order valence-corrected chi connectivity index (χ4v) is 4.74. The number of ketones is 1. The van der Waals surface area contributed by atoms with E-state index in [1.165, 1.54) is 0 Å². The smallest absolute Gasteiger partial charge is 0.225 e. The molecule has 1 amide bonds. The van der Waals surface area contributed by atoms with Crippen LogP contribution in [-0.2, 0) is 9.59 Å². The van der Waals surface area contributed by atoms with Gasteiger partial charge in [0, 0.05) is 30.0 Å². The van der Waals surface area contributed by atoms with E-state index in [2.05, 4.69) is 53.8 Å². The van der Waals surface area contributed by atoms with Crippen LogP contribution < -0.4 is 5.32 Å². The van der Waals surface area contributed by atoms with Gasteiger partial charge < -0.3 is 5.32 Å². The second-order valence-corrected chi connectivity index (χ2v) is 8.12. The molecule has 2 unspecified atom stereocenters. The zero-order chi connectivity index (χ0) is 20.5.